The zero-order valence-corrected chi connectivity index (χ0v) is 10.1. The number of amides is 1. The molecule has 0 unspecified atom stereocenters. The standard InChI is InChI=1S/C11H7F4N5O/c12-4-1-5(13)9(15)10(8(4)14)19-11(21)6-2-17-3-7(18-6)20-16/h1-3H,16H2,(H,18,20)(H,19,21). The van der Waals surface area contributed by atoms with E-state index in [4.69, 9.17) is 5.84 Å². The molecule has 10 heteroatoms. The molecule has 0 aliphatic heterocycles. The van der Waals surface area contributed by atoms with Crippen molar-refractivity contribution in [2.24, 2.45) is 5.84 Å². The smallest absolute Gasteiger partial charge is 0.276 e. The van der Waals surface area contributed by atoms with Crippen molar-refractivity contribution in [3.63, 3.8) is 0 Å². The molecule has 0 atom stereocenters. The summed E-state index contributed by atoms with van der Waals surface area (Å²) < 4.78 is 52.8. The predicted molar refractivity (Wildman–Crippen MR) is 64.1 cm³/mol. The predicted octanol–water partition coefficient (Wildman–Crippen LogP) is 1.57. The number of aromatic nitrogens is 2. The normalized spacial score (nSPS) is 10.3. The maximum absolute atomic E-state index is 13.4. The molecule has 21 heavy (non-hydrogen) atoms. The van der Waals surface area contributed by atoms with Crippen LogP contribution in [0.1, 0.15) is 10.5 Å². The molecule has 0 aliphatic carbocycles. The van der Waals surface area contributed by atoms with Crippen LogP contribution in [0.4, 0.5) is 29.1 Å². The number of carbonyl (C=O) groups is 1. The van der Waals surface area contributed by atoms with Crippen molar-refractivity contribution in [3.05, 3.63) is 47.4 Å². The van der Waals surface area contributed by atoms with Crippen LogP contribution in [0.3, 0.4) is 0 Å². The molecule has 2 rings (SSSR count). The number of halogens is 4. The molecule has 0 fully saturated rings. The molecule has 1 aromatic carbocycles. The van der Waals surface area contributed by atoms with Gasteiger partial charge >= 0.3 is 0 Å². The van der Waals surface area contributed by atoms with Crippen LogP contribution in [0.15, 0.2) is 18.5 Å². The monoisotopic (exact) mass is 301 g/mol. The van der Waals surface area contributed by atoms with Gasteiger partial charge in [0.15, 0.2) is 29.1 Å². The van der Waals surface area contributed by atoms with Gasteiger partial charge in [-0.15, -0.1) is 0 Å². The van der Waals surface area contributed by atoms with Crippen LogP contribution < -0.4 is 16.6 Å². The van der Waals surface area contributed by atoms with Crippen LogP contribution in [0.2, 0.25) is 0 Å². The second kappa shape index (κ2) is 5.71. The Hall–Kier alpha value is -2.75. The lowest BCUT2D eigenvalue weighted by atomic mass is 10.2. The van der Waals surface area contributed by atoms with Crippen LogP contribution in [-0.2, 0) is 0 Å². The minimum atomic E-state index is -1.73. The van der Waals surface area contributed by atoms with Crippen molar-refractivity contribution in [3.8, 4) is 0 Å². The molecule has 6 nitrogen and oxygen atoms in total. The van der Waals surface area contributed by atoms with Gasteiger partial charge in [-0.05, 0) is 0 Å². The fourth-order valence-corrected chi connectivity index (χ4v) is 1.41. The van der Waals surface area contributed by atoms with Gasteiger partial charge in [0, 0.05) is 6.07 Å². The number of rotatable bonds is 3. The first-order chi connectivity index (χ1) is 9.93. The van der Waals surface area contributed by atoms with Gasteiger partial charge < -0.3 is 10.7 Å². The number of anilines is 2. The van der Waals surface area contributed by atoms with Gasteiger partial charge in [0.1, 0.15) is 11.4 Å². The molecule has 0 saturated carbocycles. The molecule has 1 amide bonds. The number of hydrogen-bond acceptors (Lipinski definition) is 5. The Labute approximate surface area is 115 Å². The minimum absolute atomic E-state index is 0.00835. The Bertz CT molecular complexity index is 683. The third-order valence-corrected chi connectivity index (χ3v) is 2.37. The van der Waals surface area contributed by atoms with Crippen molar-refractivity contribution in [2.75, 3.05) is 10.7 Å². The van der Waals surface area contributed by atoms with Crippen LogP contribution in [0, 0.1) is 23.3 Å². The summed E-state index contributed by atoms with van der Waals surface area (Å²) in [6, 6.07) is 0.0269. The van der Waals surface area contributed by atoms with Crippen LogP contribution >= 0.6 is 0 Å². The summed E-state index contributed by atoms with van der Waals surface area (Å²) in [5, 5.41) is 1.69. The average Bonchev–Trinajstić information content (AvgIpc) is 2.49. The second-order valence-electron chi connectivity index (χ2n) is 3.73. The van der Waals surface area contributed by atoms with E-state index < -0.39 is 34.9 Å². The maximum atomic E-state index is 13.4. The number of benzene rings is 1. The molecule has 1 aromatic heterocycles. The molecule has 110 valence electrons. The Morgan fingerprint density at radius 1 is 1.10 bits per heavy atom. The molecule has 1 heterocycles. The fourth-order valence-electron chi connectivity index (χ4n) is 1.41. The van der Waals surface area contributed by atoms with Gasteiger partial charge in [-0.2, -0.15) is 0 Å². The van der Waals surface area contributed by atoms with Crippen molar-refractivity contribution in [1.82, 2.24) is 9.97 Å². The maximum Gasteiger partial charge on any atom is 0.276 e. The largest absolute Gasteiger partial charge is 0.315 e. The molecule has 0 radical (unpaired) electrons. The van der Waals surface area contributed by atoms with Gasteiger partial charge in [-0.25, -0.2) is 28.4 Å². The lowest BCUT2D eigenvalue weighted by molar-refractivity contribution is 0.102. The number of carbonyl (C=O) groups excluding carboxylic acids is 1. The quantitative estimate of drug-likeness (QED) is 0.346. The SMILES string of the molecule is NNc1cncc(C(=O)Nc2c(F)c(F)cc(F)c2F)n1. The molecule has 4 N–H and O–H groups in total. The van der Waals surface area contributed by atoms with E-state index in [2.05, 4.69) is 15.4 Å². The number of nitrogens with zero attached hydrogens (tertiary/aromatic N) is 2. The lowest BCUT2D eigenvalue weighted by Gasteiger charge is -2.09. The minimum Gasteiger partial charge on any atom is -0.315 e. The summed E-state index contributed by atoms with van der Waals surface area (Å²) in [6.45, 7) is 0. The van der Waals surface area contributed by atoms with Crippen LogP contribution in [-0.4, -0.2) is 15.9 Å². The second-order valence-corrected chi connectivity index (χ2v) is 3.73. The summed E-state index contributed by atoms with van der Waals surface area (Å²) in [5.74, 6) is -2.82. The van der Waals surface area contributed by atoms with E-state index in [9.17, 15) is 22.4 Å². The summed E-state index contributed by atoms with van der Waals surface area (Å²) in [6.07, 6.45) is 2.15. The number of nitrogens with two attached hydrogens (primary N) is 1. The molecule has 0 saturated heterocycles. The van der Waals surface area contributed by atoms with E-state index in [0.29, 0.717) is 0 Å². The van der Waals surface area contributed by atoms with Crippen LogP contribution in [0.25, 0.3) is 0 Å². The highest BCUT2D eigenvalue weighted by Crippen LogP contribution is 2.24. The molecule has 0 bridgehead atoms. The summed E-state index contributed by atoms with van der Waals surface area (Å²) in [7, 11) is 0. The number of hydrazine groups is 1. The van der Waals surface area contributed by atoms with Crippen molar-refractivity contribution in [1.29, 1.82) is 0 Å². The first-order valence-electron chi connectivity index (χ1n) is 5.37. The molecular formula is C11H7F4N5O. The molecule has 0 spiro atoms. The highest BCUT2D eigenvalue weighted by Gasteiger charge is 2.22. The number of nitrogen functional groups attached to an aromatic ring is 1. The summed E-state index contributed by atoms with van der Waals surface area (Å²) in [5.41, 5.74) is 0.480. The third kappa shape index (κ3) is 2.89. The van der Waals surface area contributed by atoms with Crippen LogP contribution in [0.5, 0.6) is 0 Å². The van der Waals surface area contributed by atoms with Crippen molar-refractivity contribution >= 4 is 17.4 Å². The average molecular weight is 301 g/mol. The first-order valence-corrected chi connectivity index (χ1v) is 5.37. The molecule has 0 aliphatic rings. The lowest BCUT2D eigenvalue weighted by Crippen LogP contribution is -2.19. The van der Waals surface area contributed by atoms with E-state index in [1.165, 1.54) is 6.20 Å². The van der Waals surface area contributed by atoms with Gasteiger partial charge in [0.2, 0.25) is 0 Å². The number of nitrogens with one attached hydrogen (secondary N) is 2. The fraction of sp³-hybridized carbons (Fsp3) is 0. The van der Waals surface area contributed by atoms with Gasteiger partial charge in [-0.3, -0.25) is 9.78 Å². The molecule has 2 aromatic rings. The zero-order chi connectivity index (χ0) is 15.6. The van der Waals surface area contributed by atoms with E-state index >= 15 is 0 Å². The Morgan fingerprint density at radius 2 is 1.71 bits per heavy atom. The van der Waals surface area contributed by atoms with Gasteiger partial charge in [-0.1, -0.05) is 0 Å². The number of hydrogen-bond donors (Lipinski definition) is 3. The Balaban J connectivity index is 2.36. The van der Waals surface area contributed by atoms with E-state index in [1.807, 2.05) is 0 Å². The van der Waals surface area contributed by atoms with Crippen molar-refractivity contribution < 1.29 is 22.4 Å². The highest BCUT2D eigenvalue weighted by molar-refractivity contribution is 6.03. The van der Waals surface area contributed by atoms with Gasteiger partial charge in [0.25, 0.3) is 5.91 Å². The van der Waals surface area contributed by atoms with E-state index in [1.54, 1.807) is 5.32 Å². The van der Waals surface area contributed by atoms with Gasteiger partial charge in [0.05, 0.1) is 12.4 Å². The Morgan fingerprint density at radius 3 is 2.29 bits per heavy atom. The highest BCUT2D eigenvalue weighted by atomic mass is 19.2. The first kappa shape index (κ1) is 14.7. The third-order valence-electron chi connectivity index (χ3n) is 2.37. The van der Waals surface area contributed by atoms with E-state index in [0.717, 1.165) is 6.20 Å². The topological polar surface area (TPSA) is 92.9 Å². The van der Waals surface area contributed by atoms with E-state index in [-0.39, 0.29) is 17.6 Å². The van der Waals surface area contributed by atoms with Crippen molar-refractivity contribution in [2.45, 2.75) is 0 Å². The summed E-state index contributed by atoms with van der Waals surface area (Å²) in [4.78, 5) is 19.0. The Kier molecular flexibility index (Phi) is 3.98. The zero-order valence-electron chi connectivity index (χ0n) is 10.1. The summed E-state index contributed by atoms with van der Waals surface area (Å²) >= 11 is 0. The molecular weight excluding hydrogens is 294 g/mol.